The van der Waals surface area contributed by atoms with Crippen molar-refractivity contribution in [2.24, 2.45) is 0 Å². The molecular formula is C26H29NO3. The predicted molar refractivity (Wildman–Crippen MR) is 120 cm³/mol. The zero-order valence-electron chi connectivity index (χ0n) is 18.0. The smallest absolute Gasteiger partial charge is 0.251 e. The van der Waals surface area contributed by atoms with Gasteiger partial charge in [-0.15, -0.1) is 0 Å². The van der Waals surface area contributed by atoms with Crippen LogP contribution in [0.1, 0.15) is 52.9 Å². The summed E-state index contributed by atoms with van der Waals surface area (Å²) in [6.45, 7) is 4.29. The Balaban J connectivity index is 1.82. The number of nitrogens with one attached hydrogen (secondary N) is 1. The van der Waals surface area contributed by atoms with Gasteiger partial charge < -0.3 is 14.8 Å². The van der Waals surface area contributed by atoms with E-state index in [1.807, 2.05) is 72.8 Å². The van der Waals surface area contributed by atoms with E-state index in [2.05, 4.69) is 19.2 Å². The Kier molecular flexibility index (Phi) is 7.12. The van der Waals surface area contributed by atoms with Crippen molar-refractivity contribution in [3.8, 4) is 11.5 Å². The summed E-state index contributed by atoms with van der Waals surface area (Å²) in [5, 5.41) is 3.20. The number of amides is 1. The molecule has 156 valence electrons. The molecule has 0 aliphatic carbocycles. The summed E-state index contributed by atoms with van der Waals surface area (Å²) < 4.78 is 10.5. The topological polar surface area (TPSA) is 47.6 Å². The molecule has 3 aromatic carbocycles. The highest BCUT2D eigenvalue weighted by molar-refractivity contribution is 5.94. The fourth-order valence-corrected chi connectivity index (χ4v) is 3.35. The minimum atomic E-state index is -0.165. The van der Waals surface area contributed by atoms with Gasteiger partial charge in [0, 0.05) is 5.56 Å². The second-order valence-corrected chi connectivity index (χ2v) is 7.63. The minimum absolute atomic E-state index is 0.0837. The Hall–Kier alpha value is -3.27. The van der Waals surface area contributed by atoms with Gasteiger partial charge in [-0.25, -0.2) is 0 Å². The lowest BCUT2D eigenvalue weighted by Crippen LogP contribution is -2.30. The first-order valence-corrected chi connectivity index (χ1v) is 10.2. The van der Waals surface area contributed by atoms with Gasteiger partial charge in [0.25, 0.3) is 5.91 Å². The van der Waals surface area contributed by atoms with Gasteiger partial charge in [-0.2, -0.15) is 0 Å². The van der Waals surface area contributed by atoms with Crippen LogP contribution >= 0.6 is 0 Å². The number of ether oxygens (including phenoxy) is 2. The second-order valence-electron chi connectivity index (χ2n) is 7.63. The van der Waals surface area contributed by atoms with Crippen LogP contribution in [0.5, 0.6) is 11.5 Å². The molecule has 0 bridgehead atoms. The highest BCUT2D eigenvalue weighted by Crippen LogP contribution is 2.23. The molecule has 0 radical (unpaired) electrons. The molecule has 1 unspecified atom stereocenters. The summed E-state index contributed by atoms with van der Waals surface area (Å²) in [5.41, 5.74) is 4.02. The quantitative estimate of drug-likeness (QED) is 0.537. The second kappa shape index (κ2) is 9.97. The molecular weight excluding hydrogens is 374 g/mol. The molecule has 0 fully saturated rings. The highest BCUT2D eigenvalue weighted by atomic mass is 16.5. The van der Waals surface area contributed by atoms with E-state index in [1.54, 1.807) is 14.2 Å². The summed E-state index contributed by atoms with van der Waals surface area (Å²) in [5.74, 6) is 1.95. The fourth-order valence-electron chi connectivity index (χ4n) is 3.35. The van der Waals surface area contributed by atoms with Crippen molar-refractivity contribution in [2.45, 2.75) is 32.2 Å². The van der Waals surface area contributed by atoms with Crippen LogP contribution in [0.3, 0.4) is 0 Å². The number of methoxy groups -OCH3 is 2. The SMILES string of the molecule is COc1ccc(CC(NC(=O)c2ccc(C(C)C)cc2)c2ccc(OC)cc2)cc1. The van der Waals surface area contributed by atoms with Gasteiger partial charge in [0.05, 0.1) is 20.3 Å². The van der Waals surface area contributed by atoms with E-state index in [0.717, 1.165) is 22.6 Å². The number of carbonyl (C=O) groups excluding carboxylic acids is 1. The number of hydrogen-bond donors (Lipinski definition) is 1. The first kappa shape index (κ1) is 21.4. The summed E-state index contributed by atoms with van der Waals surface area (Å²) in [6, 6.07) is 23.4. The molecule has 3 aromatic rings. The van der Waals surface area contributed by atoms with Crippen LogP contribution in [-0.4, -0.2) is 20.1 Å². The molecule has 4 heteroatoms. The predicted octanol–water partition coefficient (Wildman–Crippen LogP) is 5.54. The first-order valence-electron chi connectivity index (χ1n) is 10.2. The average molecular weight is 404 g/mol. The average Bonchev–Trinajstić information content (AvgIpc) is 2.79. The minimum Gasteiger partial charge on any atom is -0.497 e. The normalized spacial score (nSPS) is 11.8. The molecule has 4 nitrogen and oxygen atoms in total. The van der Waals surface area contributed by atoms with Crippen molar-refractivity contribution < 1.29 is 14.3 Å². The molecule has 0 saturated carbocycles. The van der Waals surface area contributed by atoms with Gasteiger partial charge in [-0.05, 0) is 65.4 Å². The van der Waals surface area contributed by atoms with E-state index in [0.29, 0.717) is 17.9 Å². The van der Waals surface area contributed by atoms with Gasteiger partial charge in [-0.3, -0.25) is 4.79 Å². The molecule has 30 heavy (non-hydrogen) atoms. The van der Waals surface area contributed by atoms with Crippen LogP contribution in [0.4, 0.5) is 0 Å². The Labute approximate surface area is 178 Å². The van der Waals surface area contributed by atoms with Gasteiger partial charge >= 0.3 is 0 Å². The van der Waals surface area contributed by atoms with Crippen LogP contribution in [0.15, 0.2) is 72.8 Å². The van der Waals surface area contributed by atoms with E-state index in [4.69, 9.17) is 9.47 Å². The van der Waals surface area contributed by atoms with Crippen LogP contribution in [0.25, 0.3) is 0 Å². The van der Waals surface area contributed by atoms with Crippen molar-refractivity contribution >= 4 is 5.91 Å². The Morgan fingerprint density at radius 3 is 1.77 bits per heavy atom. The van der Waals surface area contributed by atoms with Crippen LogP contribution in [-0.2, 0) is 6.42 Å². The van der Waals surface area contributed by atoms with Crippen molar-refractivity contribution in [3.05, 3.63) is 95.1 Å². The Morgan fingerprint density at radius 2 is 1.27 bits per heavy atom. The summed E-state index contributed by atoms with van der Waals surface area (Å²) in [4.78, 5) is 13.0. The van der Waals surface area contributed by atoms with Gasteiger partial charge in [0.2, 0.25) is 0 Å². The number of rotatable bonds is 8. The number of benzene rings is 3. The van der Waals surface area contributed by atoms with Gasteiger partial charge in [0.1, 0.15) is 11.5 Å². The maximum atomic E-state index is 13.0. The molecule has 0 saturated heterocycles. The maximum absolute atomic E-state index is 13.0. The lowest BCUT2D eigenvalue weighted by atomic mass is 9.97. The number of hydrogen-bond acceptors (Lipinski definition) is 3. The standard InChI is InChI=1S/C26H29NO3/c1-18(2)20-7-9-22(10-8-20)26(28)27-25(21-11-15-24(30-4)16-12-21)17-19-5-13-23(29-3)14-6-19/h5-16,18,25H,17H2,1-4H3,(H,27,28). The van der Waals surface area contributed by atoms with E-state index in [1.165, 1.54) is 5.56 Å². The lowest BCUT2D eigenvalue weighted by molar-refractivity contribution is 0.0936. The van der Waals surface area contributed by atoms with E-state index >= 15 is 0 Å². The molecule has 0 aliphatic heterocycles. The van der Waals surface area contributed by atoms with Crippen molar-refractivity contribution in [1.29, 1.82) is 0 Å². The third-order valence-corrected chi connectivity index (χ3v) is 5.26. The molecule has 1 N–H and O–H groups in total. The van der Waals surface area contributed by atoms with Gasteiger partial charge in [-0.1, -0.05) is 50.2 Å². The zero-order valence-corrected chi connectivity index (χ0v) is 18.0. The third kappa shape index (κ3) is 5.41. The van der Waals surface area contributed by atoms with Crippen molar-refractivity contribution in [2.75, 3.05) is 14.2 Å². The highest BCUT2D eigenvalue weighted by Gasteiger charge is 2.17. The summed E-state index contributed by atoms with van der Waals surface area (Å²) in [6.07, 6.45) is 0.673. The van der Waals surface area contributed by atoms with E-state index < -0.39 is 0 Å². The molecule has 0 aromatic heterocycles. The third-order valence-electron chi connectivity index (χ3n) is 5.26. The van der Waals surface area contributed by atoms with Crippen LogP contribution in [0, 0.1) is 0 Å². The molecule has 1 atom stereocenters. The van der Waals surface area contributed by atoms with Crippen molar-refractivity contribution in [1.82, 2.24) is 5.32 Å². The molecule has 3 rings (SSSR count). The number of carbonyl (C=O) groups is 1. The molecule has 1 amide bonds. The fraction of sp³-hybridized carbons (Fsp3) is 0.269. The first-order chi connectivity index (χ1) is 14.5. The monoisotopic (exact) mass is 403 g/mol. The summed E-state index contributed by atoms with van der Waals surface area (Å²) >= 11 is 0. The lowest BCUT2D eigenvalue weighted by Gasteiger charge is -2.20. The van der Waals surface area contributed by atoms with Crippen molar-refractivity contribution in [3.63, 3.8) is 0 Å². The van der Waals surface area contributed by atoms with Gasteiger partial charge in [0.15, 0.2) is 0 Å². The zero-order chi connectivity index (χ0) is 21.5. The van der Waals surface area contributed by atoms with Crippen LogP contribution < -0.4 is 14.8 Å². The molecule has 0 heterocycles. The molecule has 0 spiro atoms. The Morgan fingerprint density at radius 1 is 0.767 bits per heavy atom. The molecule has 0 aliphatic rings. The van der Waals surface area contributed by atoms with E-state index in [-0.39, 0.29) is 11.9 Å². The maximum Gasteiger partial charge on any atom is 0.251 e. The summed E-state index contributed by atoms with van der Waals surface area (Å²) in [7, 11) is 3.30. The van der Waals surface area contributed by atoms with E-state index in [9.17, 15) is 4.79 Å². The largest absolute Gasteiger partial charge is 0.497 e. The van der Waals surface area contributed by atoms with Crippen LogP contribution in [0.2, 0.25) is 0 Å². The Bertz CT molecular complexity index is 945.